The van der Waals surface area contributed by atoms with Crippen molar-refractivity contribution in [2.24, 2.45) is 0 Å². The molecule has 8 heteroatoms. The largest absolute Gasteiger partial charge is 0.469 e. The summed E-state index contributed by atoms with van der Waals surface area (Å²) in [6.45, 7) is 1.65. The molecule has 3 aromatic rings. The summed E-state index contributed by atoms with van der Waals surface area (Å²) in [5.74, 6) is -0.783. The Kier molecular flexibility index (Phi) is 5.14. The molecule has 26 heavy (non-hydrogen) atoms. The predicted molar refractivity (Wildman–Crippen MR) is 97.1 cm³/mol. The van der Waals surface area contributed by atoms with Gasteiger partial charge in [-0.15, -0.1) is 11.3 Å². The molecule has 0 saturated heterocycles. The van der Waals surface area contributed by atoms with Crippen LogP contribution in [0.1, 0.15) is 36.1 Å². The monoisotopic (exact) mass is 369 g/mol. The molecule has 0 aliphatic heterocycles. The van der Waals surface area contributed by atoms with E-state index in [2.05, 4.69) is 16.2 Å². The van der Waals surface area contributed by atoms with Crippen LogP contribution < -0.4 is 16.2 Å². The molecule has 1 aromatic carbocycles. The summed E-state index contributed by atoms with van der Waals surface area (Å²) in [4.78, 5) is 36.8. The summed E-state index contributed by atoms with van der Waals surface area (Å²) in [5, 5.41) is 4.53. The number of hydrazine groups is 1. The molecule has 2 aromatic heterocycles. The van der Waals surface area contributed by atoms with Gasteiger partial charge < -0.3 is 9.73 Å². The van der Waals surface area contributed by atoms with Gasteiger partial charge in [-0.1, -0.05) is 12.1 Å². The number of amides is 3. The van der Waals surface area contributed by atoms with Crippen molar-refractivity contribution in [1.82, 2.24) is 10.9 Å². The summed E-state index contributed by atoms with van der Waals surface area (Å²) in [5.41, 5.74) is 5.76. The zero-order valence-electron chi connectivity index (χ0n) is 13.7. The quantitative estimate of drug-likeness (QED) is 0.616. The van der Waals surface area contributed by atoms with Crippen molar-refractivity contribution in [2.45, 2.75) is 6.92 Å². The average molecular weight is 369 g/mol. The number of anilines is 1. The predicted octanol–water partition coefficient (Wildman–Crippen LogP) is 2.98. The molecule has 3 amide bonds. The van der Waals surface area contributed by atoms with Crippen LogP contribution in [0.5, 0.6) is 0 Å². The highest BCUT2D eigenvalue weighted by atomic mass is 32.1. The lowest BCUT2D eigenvalue weighted by molar-refractivity contribution is 0.0845. The Bertz CT molecular complexity index is 947. The number of furan rings is 1. The first kappa shape index (κ1) is 17.4. The lowest BCUT2D eigenvalue weighted by Crippen LogP contribution is -2.41. The van der Waals surface area contributed by atoms with E-state index < -0.39 is 11.8 Å². The Morgan fingerprint density at radius 2 is 1.77 bits per heavy atom. The first-order valence-corrected chi connectivity index (χ1v) is 8.52. The summed E-state index contributed by atoms with van der Waals surface area (Å²) in [7, 11) is 0. The van der Waals surface area contributed by atoms with E-state index >= 15 is 0 Å². The third kappa shape index (κ3) is 3.98. The van der Waals surface area contributed by atoms with Crippen LogP contribution in [0.3, 0.4) is 0 Å². The molecule has 132 valence electrons. The van der Waals surface area contributed by atoms with E-state index in [4.69, 9.17) is 4.42 Å². The fourth-order valence-corrected chi connectivity index (χ4v) is 2.83. The molecule has 0 fully saturated rings. The Hall–Kier alpha value is -3.39. The Morgan fingerprint density at radius 1 is 0.962 bits per heavy atom. The highest BCUT2D eigenvalue weighted by molar-refractivity contribution is 7.12. The fourth-order valence-electron chi connectivity index (χ4n) is 2.21. The maximum atomic E-state index is 12.2. The first-order chi connectivity index (χ1) is 12.5. The van der Waals surface area contributed by atoms with Gasteiger partial charge in [0.1, 0.15) is 5.76 Å². The molecule has 2 heterocycles. The van der Waals surface area contributed by atoms with Gasteiger partial charge in [-0.3, -0.25) is 25.2 Å². The third-order valence-electron chi connectivity index (χ3n) is 3.52. The van der Waals surface area contributed by atoms with Gasteiger partial charge in [-0.05, 0) is 42.6 Å². The molecule has 0 aliphatic carbocycles. The van der Waals surface area contributed by atoms with E-state index in [0.29, 0.717) is 21.9 Å². The lowest BCUT2D eigenvalue weighted by Gasteiger charge is -2.09. The van der Waals surface area contributed by atoms with Gasteiger partial charge in [0.15, 0.2) is 0 Å². The first-order valence-electron chi connectivity index (χ1n) is 7.64. The second-order valence-electron chi connectivity index (χ2n) is 5.31. The van der Waals surface area contributed by atoms with Crippen molar-refractivity contribution in [2.75, 3.05) is 5.32 Å². The number of rotatable bonds is 4. The summed E-state index contributed by atoms with van der Waals surface area (Å²) in [6, 6.07) is 11.4. The van der Waals surface area contributed by atoms with Crippen molar-refractivity contribution < 1.29 is 18.8 Å². The summed E-state index contributed by atoms with van der Waals surface area (Å²) < 4.78 is 5.05. The number of carbonyl (C=O) groups is 3. The van der Waals surface area contributed by atoms with Crippen LogP contribution in [0.4, 0.5) is 5.69 Å². The second-order valence-corrected chi connectivity index (χ2v) is 6.26. The van der Waals surface area contributed by atoms with Crippen LogP contribution in [0.15, 0.2) is 58.5 Å². The smallest absolute Gasteiger partial charge is 0.273 e. The van der Waals surface area contributed by atoms with Gasteiger partial charge in [0.2, 0.25) is 0 Å². The van der Waals surface area contributed by atoms with Crippen LogP contribution in [0.25, 0.3) is 0 Å². The molecule has 0 aliphatic rings. The zero-order chi connectivity index (χ0) is 18.5. The minimum Gasteiger partial charge on any atom is -0.469 e. The SMILES string of the molecule is Cc1occc1C(=O)NNC(=O)c1cccc(NC(=O)c2cccs2)c1. The number of nitrogens with one attached hydrogen (secondary N) is 3. The van der Waals surface area contributed by atoms with E-state index in [1.165, 1.54) is 29.7 Å². The van der Waals surface area contributed by atoms with Gasteiger partial charge >= 0.3 is 0 Å². The molecule has 0 radical (unpaired) electrons. The van der Waals surface area contributed by atoms with Gasteiger partial charge in [0, 0.05) is 11.3 Å². The van der Waals surface area contributed by atoms with Gasteiger partial charge in [-0.25, -0.2) is 0 Å². The number of benzene rings is 1. The number of aryl methyl sites for hydroxylation is 1. The Morgan fingerprint density at radius 3 is 2.46 bits per heavy atom. The van der Waals surface area contributed by atoms with Crippen molar-refractivity contribution in [3.05, 3.63) is 75.9 Å². The van der Waals surface area contributed by atoms with E-state index in [9.17, 15) is 14.4 Å². The standard InChI is InChI=1S/C18H15N3O4S/c1-11-14(7-8-25-11)17(23)21-20-16(22)12-4-2-5-13(10-12)19-18(24)15-6-3-9-26-15/h2-10H,1H3,(H,19,24)(H,20,22)(H,21,23). The van der Waals surface area contributed by atoms with Crippen LogP contribution in [0.2, 0.25) is 0 Å². The fraction of sp³-hybridized carbons (Fsp3) is 0.0556. The van der Waals surface area contributed by atoms with E-state index in [1.54, 1.807) is 37.3 Å². The van der Waals surface area contributed by atoms with Gasteiger partial charge in [0.25, 0.3) is 17.7 Å². The number of carbonyl (C=O) groups excluding carboxylic acids is 3. The van der Waals surface area contributed by atoms with Gasteiger partial charge in [0.05, 0.1) is 16.7 Å². The normalized spacial score (nSPS) is 10.2. The van der Waals surface area contributed by atoms with Crippen LogP contribution >= 0.6 is 11.3 Å². The highest BCUT2D eigenvalue weighted by Crippen LogP contribution is 2.15. The molecule has 3 rings (SSSR count). The van der Waals surface area contributed by atoms with Crippen molar-refractivity contribution >= 4 is 34.7 Å². The van der Waals surface area contributed by atoms with Crippen LogP contribution in [-0.2, 0) is 0 Å². The molecule has 0 unspecified atom stereocenters. The minimum atomic E-state index is -0.508. The molecule has 3 N–H and O–H groups in total. The molecule has 0 saturated carbocycles. The Balaban J connectivity index is 1.62. The summed E-state index contributed by atoms with van der Waals surface area (Å²) in [6.07, 6.45) is 1.39. The lowest BCUT2D eigenvalue weighted by atomic mass is 10.2. The maximum Gasteiger partial charge on any atom is 0.273 e. The van der Waals surface area contributed by atoms with Crippen molar-refractivity contribution in [3.8, 4) is 0 Å². The van der Waals surface area contributed by atoms with E-state index in [0.717, 1.165) is 0 Å². The molecule has 0 atom stereocenters. The van der Waals surface area contributed by atoms with Crippen molar-refractivity contribution in [3.63, 3.8) is 0 Å². The molecule has 0 spiro atoms. The minimum absolute atomic E-state index is 0.249. The molecule has 7 nitrogen and oxygen atoms in total. The molecular formula is C18H15N3O4S. The number of hydrogen-bond donors (Lipinski definition) is 3. The van der Waals surface area contributed by atoms with E-state index in [1.807, 2.05) is 5.38 Å². The summed E-state index contributed by atoms with van der Waals surface area (Å²) >= 11 is 1.33. The van der Waals surface area contributed by atoms with Gasteiger partial charge in [-0.2, -0.15) is 0 Å². The van der Waals surface area contributed by atoms with Crippen molar-refractivity contribution in [1.29, 1.82) is 0 Å². The van der Waals surface area contributed by atoms with Crippen LogP contribution in [-0.4, -0.2) is 17.7 Å². The maximum absolute atomic E-state index is 12.2. The number of hydrogen-bond acceptors (Lipinski definition) is 5. The topological polar surface area (TPSA) is 100 Å². The van der Waals surface area contributed by atoms with E-state index in [-0.39, 0.29) is 11.5 Å². The number of thiophene rings is 1. The van der Waals surface area contributed by atoms with Crippen LogP contribution in [0, 0.1) is 6.92 Å². The highest BCUT2D eigenvalue weighted by Gasteiger charge is 2.14. The average Bonchev–Trinajstić information content (AvgIpc) is 3.31. The molecular weight excluding hydrogens is 354 g/mol. The Labute approximate surface area is 153 Å². The molecule has 0 bridgehead atoms. The zero-order valence-corrected chi connectivity index (χ0v) is 14.6. The second kappa shape index (κ2) is 7.66. The third-order valence-corrected chi connectivity index (χ3v) is 4.39.